The smallest absolute Gasteiger partial charge is 0.140 e. The van der Waals surface area contributed by atoms with Crippen molar-refractivity contribution in [2.45, 2.75) is 19.8 Å². The fraction of sp³-hybridized carbons (Fsp3) is 0.286. The van der Waals surface area contributed by atoms with E-state index in [1.807, 2.05) is 24.3 Å². The molecule has 2 aromatic rings. The third kappa shape index (κ3) is 2.59. The van der Waals surface area contributed by atoms with E-state index in [0.29, 0.717) is 17.2 Å². The number of para-hydroxylation sites is 1. The van der Waals surface area contributed by atoms with Crippen LogP contribution in [0, 0.1) is 0 Å². The fourth-order valence-corrected chi connectivity index (χ4v) is 1.91. The first-order valence-electron chi connectivity index (χ1n) is 6.04. The number of benzene rings is 1. The van der Waals surface area contributed by atoms with Crippen LogP contribution in [0.1, 0.15) is 25.3 Å². The molecular formula is C14H16N2OS. The minimum atomic E-state index is 0.319. The molecule has 0 radical (unpaired) electrons. The van der Waals surface area contributed by atoms with Gasteiger partial charge in [-0.05, 0) is 18.6 Å². The van der Waals surface area contributed by atoms with Gasteiger partial charge in [-0.25, -0.2) is 0 Å². The van der Waals surface area contributed by atoms with Gasteiger partial charge in [0.25, 0.3) is 0 Å². The van der Waals surface area contributed by atoms with E-state index in [9.17, 15) is 0 Å². The average molecular weight is 260 g/mol. The van der Waals surface area contributed by atoms with Crippen LogP contribution in [0.4, 0.5) is 0 Å². The van der Waals surface area contributed by atoms with Crippen molar-refractivity contribution in [2.24, 2.45) is 5.73 Å². The molecule has 0 unspecified atom stereocenters. The van der Waals surface area contributed by atoms with Gasteiger partial charge in [0.2, 0.25) is 0 Å². The number of ether oxygens (including phenoxy) is 1. The summed E-state index contributed by atoms with van der Waals surface area (Å²) in [5.41, 5.74) is 7.32. The highest BCUT2D eigenvalue weighted by molar-refractivity contribution is 7.80. The van der Waals surface area contributed by atoms with Crippen LogP contribution < -0.4 is 10.5 Å². The molecule has 0 bridgehead atoms. The molecule has 0 fully saturated rings. The molecule has 3 nitrogen and oxygen atoms in total. The van der Waals surface area contributed by atoms with Gasteiger partial charge >= 0.3 is 0 Å². The number of hydrogen-bond donors (Lipinski definition) is 1. The SMILES string of the molecule is CCCCOc1c(C(N)=S)cnc2ccccc12. The molecule has 1 aromatic carbocycles. The van der Waals surface area contributed by atoms with Crippen LogP contribution in [-0.2, 0) is 0 Å². The third-order valence-electron chi connectivity index (χ3n) is 2.74. The summed E-state index contributed by atoms with van der Waals surface area (Å²) in [4.78, 5) is 4.66. The van der Waals surface area contributed by atoms with E-state index in [1.54, 1.807) is 6.20 Å². The lowest BCUT2D eigenvalue weighted by Gasteiger charge is -2.12. The Bertz CT molecular complexity index is 569. The van der Waals surface area contributed by atoms with E-state index in [0.717, 1.165) is 29.5 Å². The molecule has 2 N–H and O–H groups in total. The lowest BCUT2D eigenvalue weighted by atomic mass is 10.1. The van der Waals surface area contributed by atoms with Crippen LogP contribution in [0.25, 0.3) is 10.9 Å². The molecule has 1 aromatic heterocycles. The largest absolute Gasteiger partial charge is 0.492 e. The molecule has 0 spiro atoms. The highest BCUT2D eigenvalue weighted by Gasteiger charge is 2.11. The molecule has 0 atom stereocenters. The number of hydrogen-bond acceptors (Lipinski definition) is 3. The maximum absolute atomic E-state index is 5.84. The zero-order valence-electron chi connectivity index (χ0n) is 10.3. The first-order valence-corrected chi connectivity index (χ1v) is 6.45. The predicted molar refractivity (Wildman–Crippen MR) is 78.0 cm³/mol. The molecule has 0 saturated heterocycles. The summed E-state index contributed by atoms with van der Waals surface area (Å²) in [7, 11) is 0. The van der Waals surface area contributed by atoms with Crippen molar-refractivity contribution >= 4 is 28.1 Å². The highest BCUT2D eigenvalue weighted by atomic mass is 32.1. The first-order chi connectivity index (χ1) is 8.74. The number of rotatable bonds is 5. The van der Waals surface area contributed by atoms with Crippen molar-refractivity contribution in [1.82, 2.24) is 4.98 Å². The first kappa shape index (κ1) is 12.8. The van der Waals surface area contributed by atoms with Gasteiger partial charge in [-0.3, -0.25) is 4.98 Å². The van der Waals surface area contributed by atoms with E-state index < -0.39 is 0 Å². The number of aromatic nitrogens is 1. The van der Waals surface area contributed by atoms with Gasteiger partial charge in [-0.2, -0.15) is 0 Å². The number of nitrogens with zero attached hydrogens (tertiary/aromatic N) is 1. The Kier molecular flexibility index (Phi) is 4.10. The molecule has 94 valence electrons. The Morgan fingerprint density at radius 1 is 1.39 bits per heavy atom. The molecule has 2 rings (SSSR count). The summed E-state index contributed by atoms with van der Waals surface area (Å²) in [5.74, 6) is 0.751. The summed E-state index contributed by atoms with van der Waals surface area (Å²) in [6.45, 7) is 2.79. The van der Waals surface area contributed by atoms with Crippen LogP contribution in [0.15, 0.2) is 30.5 Å². The van der Waals surface area contributed by atoms with E-state index in [1.165, 1.54) is 0 Å². The lowest BCUT2D eigenvalue weighted by molar-refractivity contribution is 0.312. The molecule has 0 amide bonds. The van der Waals surface area contributed by atoms with Crippen LogP contribution in [0.5, 0.6) is 5.75 Å². The van der Waals surface area contributed by atoms with E-state index in [4.69, 9.17) is 22.7 Å². The topological polar surface area (TPSA) is 48.1 Å². The Morgan fingerprint density at radius 2 is 2.17 bits per heavy atom. The molecule has 4 heteroatoms. The summed E-state index contributed by atoms with van der Waals surface area (Å²) >= 11 is 5.05. The number of thiocarbonyl (C=S) groups is 1. The monoisotopic (exact) mass is 260 g/mol. The summed E-state index contributed by atoms with van der Waals surface area (Å²) in [5, 5.41) is 0.957. The Balaban J connectivity index is 2.48. The second-order valence-electron chi connectivity index (χ2n) is 4.08. The van der Waals surface area contributed by atoms with Gasteiger partial charge in [-0.15, -0.1) is 0 Å². The van der Waals surface area contributed by atoms with E-state index in [2.05, 4.69) is 11.9 Å². The van der Waals surface area contributed by atoms with Crippen molar-refractivity contribution in [1.29, 1.82) is 0 Å². The van der Waals surface area contributed by atoms with Gasteiger partial charge in [0.1, 0.15) is 10.7 Å². The van der Waals surface area contributed by atoms with Crippen molar-refractivity contribution in [3.8, 4) is 5.75 Å². The maximum atomic E-state index is 5.84. The van der Waals surface area contributed by atoms with Gasteiger partial charge < -0.3 is 10.5 Å². The minimum absolute atomic E-state index is 0.319. The molecule has 18 heavy (non-hydrogen) atoms. The molecular weight excluding hydrogens is 244 g/mol. The molecule has 1 heterocycles. The zero-order valence-corrected chi connectivity index (χ0v) is 11.2. The van der Waals surface area contributed by atoms with E-state index >= 15 is 0 Å². The van der Waals surface area contributed by atoms with Crippen LogP contribution >= 0.6 is 12.2 Å². The van der Waals surface area contributed by atoms with Crippen LogP contribution in [-0.4, -0.2) is 16.6 Å². The molecule has 0 saturated carbocycles. The van der Waals surface area contributed by atoms with Gasteiger partial charge in [0.05, 0.1) is 17.7 Å². The standard InChI is InChI=1S/C14H16N2OS/c1-2-3-8-17-13-10-6-4-5-7-12(10)16-9-11(13)14(15)18/h4-7,9H,2-3,8H2,1H3,(H2,15,18). The number of unbranched alkanes of at least 4 members (excludes halogenated alkanes) is 1. The molecule has 0 aliphatic rings. The normalized spacial score (nSPS) is 10.5. The number of pyridine rings is 1. The average Bonchev–Trinajstić information content (AvgIpc) is 2.38. The predicted octanol–water partition coefficient (Wildman–Crippen LogP) is 3.05. The van der Waals surface area contributed by atoms with Crippen molar-refractivity contribution in [3.05, 3.63) is 36.0 Å². The summed E-state index contributed by atoms with van der Waals surface area (Å²) in [6.07, 6.45) is 3.78. The quantitative estimate of drug-likeness (QED) is 0.663. The zero-order chi connectivity index (χ0) is 13.0. The Labute approximate surface area is 112 Å². The minimum Gasteiger partial charge on any atom is -0.492 e. The Morgan fingerprint density at radius 3 is 2.89 bits per heavy atom. The summed E-state index contributed by atoms with van der Waals surface area (Å²) < 4.78 is 5.84. The third-order valence-corrected chi connectivity index (χ3v) is 2.96. The van der Waals surface area contributed by atoms with Crippen molar-refractivity contribution in [3.63, 3.8) is 0 Å². The molecule has 0 aliphatic heterocycles. The Hall–Kier alpha value is -1.68. The van der Waals surface area contributed by atoms with Crippen molar-refractivity contribution < 1.29 is 4.74 Å². The van der Waals surface area contributed by atoms with Gasteiger partial charge in [0.15, 0.2) is 0 Å². The summed E-state index contributed by atoms with van der Waals surface area (Å²) in [6, 6.07) is 7.84. The number of nitrogens with two attached hydrogens (primary N) is 1. The lowest BCUT2D eigenvalue weighted by Crippen LogP contribution is -2.13. The van der Waals surface area contributed by atoms with Crippen LogP contribution in [0.2, 0.25) is 0 Å². The van der Waals surface area contributed by atoms with Crippen LogP contribution in [0.3, 0.4) is 0 Å². The second-order valence-corrected chi connectivity index (χ2v) is 4.52. The van der Waals surface area contributed by atoms with E-state index in [-0.39, 0.29) is 0 Å². The number of fused-ring (bicyclic) bond motifs is 1. The van der Waals surface area contributed by atoms with Gasteiger partial charge in [-0.1, -0.05) is 37.7 Å². The fourth-order valence-electron chi connectivity index (χ4n) is 1.77. The van der Waals surface area contributed by atoms with Crippen molar-refractivity contribution in [2.75, 3.05) is 6.61 Å². The highest BCUT2D eigenvalue weighted by Crippen LogP contribution is 2.28. The maximum Gasteiger partial charge on any atom is 0.140 e. The molecule has 0 aliphatic carbocycles. The second kappa shape index (κ2) is 5.78. The van der Waals surface area contributed by atoms with Gasteiger partial charge in [0, 0.05) is 11.6 Å².